The number of hydrogen-bond acceptors (Lipinski definition) is 4. The number of anilines is 1. The summed E-state index contributed by atoms with van der Waals surface area (Å²) in [6.07, 6.45) is -8.44. The lowest BCUT2D eigenvalue weighted by Crippen LogP contribution is -2.15. The van der Waals surface area contributed by atoms with Gasteiger partial charge in [-0.2, -0.15) is 13.2 Å². The van der Waals surface area contributed by atoms with Crippen molar-refractivity contribution in [2.24, 2.45) is 0 Å². The van der Waals surface area contributed by atoms with Crippen LogP contribution >= 0.6 is 0 Å². The zero-order valence-electron chi connectivity index (χ0n) is 7.83. The fourth-order valence-corrected chi connectivity index (χ4v) is 1.13. The summed E-state index contributed by atoms with van der Waals surface area (Å²) in [4.78, 5) is 11.8. The molecule has 10 heteroatoms. The highest BCUT2D eigenvalue weighted by Gasteiger charge is 2.39. The molecule has 1 aromatic heterocycles. The van der Waals surface area contributed by atoms with Gasteiger partial charge in [-0.25, -0.2) is 13.8 Å². The van der Waals surface area contributed by atoms with Crippen molar-refractivity contribution in [2.75, 3.05) is 5.73 Å². The molecule has 0 spiro atoms. The summed E-state index contributed by atoms with van der Waals surface area (Å²) in [5.41, 5.74) is -1.07. The Morgan fingerprint density at radius 2 is 1.94 bits per heavy atom. The van der Waals surface area contributed by atoms with Gasteiger partial charge in [-0.1, -0.05) is 0 Å². The number of hydrogen-bond donors (Lipinski definition) is 1. The number of nitrogens with two attached hydrogens (primary N) is 1. The van der Waals surface area contributed by atoms with Crippen molar-refractivity contribution in [3.05, 3.63) is 27.6 Å². The molecule has 0 unspecified atom stereocenters. The lowest BCUT2D eigenvalue weighted by atomic mass is 10.1. The molecule has 0 saturated heterocycles. The summed E-state index contributed by atoms with van der Waals surface area (Å²) in [5.74, 6) is 0. The Bertz CT molecular complexity index is 460. The minimum absolute atomic E-state index is 0.112. The van der Waals surface area contributed by atoms with E-state index in [2.05, 4.69) is 4.98 Å². The molecule has 0 saturated carbocycles. The van der Waals surface area contributed by atoms with E-state index >= 15 is 0 Å². The third-order valence-corrected chi connectivity index (χ3v) is 1.82. The van der Waals surface area contributed by atoms with Gasteiger partial charge in [-0.3, -0.25) is 10.1 Å². The van der Waals surface area contributed by atoms with Crippen LogP contribution in [-0.2, 0) is 6.18 Å². The molecule has 0 aromatic carbocycles. The van der Waals surface area contributed by atoms with Gasteiger partial charge in [0.1, 0.15) is 11.8 Å². The van der Waals surface area contributed by atoms with Crippen LogP contribution in [0.5, 0.6) is 0 Å². The van der Waals surface area contributed by atoms with E-state index in [-0.39, 0.29) is 6.20 Å². The van der Waals surface area contributed by atoms with E-state index in [9.17, 15) is 32.1 Å². The Morgan fingerprint density at radius 3 is 2.29 bits per heavy atom. The minimum Gasteiger partial charge on any atom is -0.396 e. The van der Waals surface area contributed by atoms with Crippen LogP contribution in [0.4, 0.5) is 33.3 Å². The molecule has 0 bridgehead atoms. The monoisotopic (exact) mass is 257 g/mol. The fourth-order valence-electron chi connectivity index (χ4n) is 1.13. The summed E-state index contributed by atoms with van der Waals surface area (Å²) in [6.45, 7) is 0. The topological polar surface area (TPSA) is 82.0 Å². The zero-order valence-corrected chi connectivity index (χ0v) is 7.83. The molecule has 0 atom stereocenters. The molecule has 0 aliphatic heterocycles. The van der Waals surface area contributed by atoms with Crippen LogP contribution in [0.2, 0.25) is 0 Å². The molecular weight excluding hydrogens is 253 g/mol. The fraction of sp³-hybridized carbons (Fsp3) is 0.286. The minimum atomic E-state index is -5.05. The first kappa shape index (κ1) is 13.1. The first-order chi connectivity index (χ1) is 7.66. The molecule has 2 N–H and O–H groups in total. The van der Waals surface area contributed by atoms with E-state index in [4.69, 9.17) is 5.73 Å². The van der Waals surface area contributed by atoms with Crippen molar-refractivity contribution < 1.29 is 26.9 Å². The van der Waals surface area contributed by atoms with Crippen molar-refractivity contribution in [1.82, 2.24) is 4.98 Å². The molecule has 1 heterocycles. The predicted molar refractivity (Wildman–Crippen MR) is 45.3 cm³/mol. The molecule has 5 nitrogen and oxygen atoms in total. The first-order valence-electron chi connectivity index (χ1n) is 3.94. The van der Waals surface area contributed by atoms with Crippen molar-refractivity contribution in [3.8, 4) is 0 Å². The van der Waals surface area contributed by atoms with Crippen molar-refractivity contribution in [1.29, 1.82) is 0 Å². The van der Waals surface area contributed by atoms with Crippen LogP contribution in [0.1, 0.15) is 17.7 Å². The van der Waals surface area contributed by atoms with Crippen LogP contribution < -0.4 is 5.73 Å². The van der Waals surface area contributed by atoms with Crippen LogP contribution in [0.3, 0.4) is 0 Å². The van der Waals surface area contributed by atoms with E-state index < -0.39 is 40.2 Å². The van der Waals surface area contributed by atoms with Gasteiger partial charge >= 0.3 is 6.18 Å². The van der Waals surface area contributed by atoms with Gasteiger partial charge in [0.25, 0.3) is 12.1 Å². The van der Waals surface area contributed by atoms with Gasteiger partial charge < -0.3 is 5.73 Å². The van der Waals surface area contributed by atoms with E-state index in [0.29, 0.717) is 0 Å². The van der Waals surface area contributed by atoms with Crippen LogP contribution in [-0.4, -0.2) is 9.91 Å². The molecule has 1 aromatic rings. The summed E-state index contributed by atoms with van der Waals surface area (Å²) in [5, 5.41) is 10.3. The van der Waals surface area contributed by atoms with Gasteiger partial charge in [0, 0.05) is 0 Å². The van der Waals surface area contributed by atoms with Crippen molar-refractivity contribution in [2.45, 2.75) is 12.6 Å². The second-order valence-electron chi connectivity index (χ2n) is 2.87. The molecule has 0 aliphatic rings. The maximum absolute atomic E-state index is 12.4. The number of nitro groups is 1. The van der Waals surface area contributed by atoms with Crippen molar-refractivity contribution in [3.63, 3.8) is 0 Å². The average molecular weight is 257 g/mol. The molecule has 0 fully saturated rings. The highest BCUT2D eigenvalue weighted by molar-refractivity contribution is 5.60. The summed E-state index contributed by atoms with van der Waals surface area (Å²) in [6, 6.07) is 0. The highest BCUT2D eigenvalue weighted by Crippen LogP contribution is 2.40. The zero-order chi connectivity index (χ0) is 13.4. The largest absolute Gasteiger partial charge is 0.435 e. The van der Waals surface area contributed by atoms with Gasteiger partial charge in [0.2, 0.25) is 0 Å². The number of pyridine rings is 1. The normalized spacial score (nSPS) is 11.9. The average Bonchev–Trinajstić information content (AvgIpc) is 2.13. The second kappa shape index (κ2) is 4.11. The SMILES string of the molecule is Nc1c(C(F)(F)F)ncc([N+](=O)[O-])c1C(F)F. The van der Waals surface area contributed by atoms with Crippen LogP contribution in [0.15, 0.2) is 6.20 Å². The molecule has 0 aliphatic carbocycles. The Kier molecular flexibility index (Phi) is 3.16. The molecular formula is C7H4F5N3O2. The third-order valence-electron chi connectivity index (χ3n) is 1.82. The maximum Gasteiger partial charge on any atom is 0.435 e. The number of aromatic nitrogens is 1. The maximum atomic E-state index is 12.4. The molecule has 0 radical (unpaired) electrons. The van der Waals surface area contributed by atoms with E-state index in [1.165, 1.54) is 0 Å². The molecule has 17 heavy (non-hydrogen) atoms. The third kappa shape index (κ3) is 2.40. The number of halogens is 5. The van der Waals surface area contributed by atoms with Crippen LogP contribution in [0, 0.1) is 10.1 Å². The predicted octanol–water partition coefficient (Wildman–Crippen LogP) is 2.53. The quantitative estimate of drug-likeness (QED) is 0.501. The standard InChI is InChI=1S/C7H4F5N3O2/c8-6(9)3-2(15(16)17)1-14-5(4(3)13)7(10,11)12/h1,6H,13H2. The van der Waals surface area contributed by atoms with Crippen LogP contribution in [0.25, 0.3) is 0 Å². The lowest BCUT2D eigenvalue weighted by molar-refractivity contribution is -0.386. The Balaban J connectivity index is 3.55. The highest BCUT2D eigenvalue weighted by atomic mass is 19.4. The number of alkyl halides is 5. The molecule has 1 rings (SSSR count). The summed E-state index contributed by atoms with van der Waals surface area (Å²) >= 11 is 0. The second-order valence-corrected chi connectivity index (χ2v) is 2.87. The Labute approximate surface area is 90.2 Å². The Hall–Kier alpha value is -2.00. The molecule has 94 valence electrons. The van der Waals surface area contributed by atoms with E-state index in [1.54, 1.807) is 0 Å². The van der Waals surface area contributed by atoms with Gasteiger partial charge in [-0.05, 0) is 0 Å². The molecule has 0 amide bonds. The van der Waals surface area contributed by atoms with Gasteiger partial charge in [0.05, 0.1) is 10.6 Å². The lowest BCUT2D eigenvalue weighted by Gasteiger charge is -2.12. The van der Waals surface area contributed by atoms with Gasteiger partial charge in [-0.15, -0.1) is 0 Å². The summed E-state index contributed by atoms with van der Waals surface area (Å²) in [7, 11) is 0. The smallest absolute Gasteiger partial charge is 0.396 e. The summed E-state index contributed by atoms with van der Waals surface area (Å²) < 4.78 is 61.7. The first-order valence-corrected chi connectivity index (χ1v) is 3.94. The number of nitrogen functional groups attached to an aromatic ring is 1. The van der Waals surface area contributed by atoms with E-state index in [1.807, 2.05) is 0 Å². The van der Waals surface area contributed by atoms with E-state index in [0.717, 1.165) is 0 Å². The number of nitrogens with zero attached hydrogens (tertiary/aromatic N) is 2. The number of rotatable bonds is 2. The Morgan fingerprint density at radius 1 is 1.41 bits per heavy atom. The van der Waals surface area contributed by atoms with Gasteiger partial charge in [0.15, 0.2) is 5.69 Å². The van der Waals surface area contributed by atoms with Crippen molar-refractivity contribution >= 4 is 11.4 Å².